The van der Waals surface area contributed by atoms with E-state index in [1.165, 1.54) is 23.5 Å². The third-order valence-corrected chi connectivity index (χ3v) is 4.49. The highest BCUT2D eigenvalue weighted by atomic mass is 32.2. The van der Waals surface area contributed by atoms with Crippen molar-refractivity contribution in [2.45, 2.75) is 32.5 Å². The summed E-state index contributed by atoms with van der Waals surface area (Å²) in [6, 6.07) is 2.89. The molecule has 17 heavy (non-hydrogen) atoms. The largest absolute Gasteiger partial charge is 0.463 e. The van der Waals surface area contributed by atoms with Crippen LogP contribution in [0, 0.1) is 6.92 Å². The SMILES string of the molecule is CNCc1oc(CN(C)C2CCSC2)cc1C. The summed E-state index contributed by atoms with van der Waals surface area (Å²) < 4.78 is 5.87. The molecule has 1 atom stereocenters. The Morgan fingerprint density at radius 2 is 2.41 bits per heavy atom. The van der Waals surface area contributed by atoms with Crippen molar-refractivity contribution >= 4 is 11.8 Å². The van der Waals surface area contributed by atoms with Gasteiger partial charge in [-0.3, -0.25) is 4.90 Å². The molecule has 1 N–H and O–H groups in total. The molecule has 1 unspecified atom stereocenters. The molecule has 0 radical (unpaired) electrons. The first-order valence-electron chi connectivity index (χ1n) is 6.21. The van der Waals surface area contributed by atoms with Gasteiger partial charge in [0.1, 0.15) is 11.5 Å². The lowest BCUT2D eigenvalue weighted by atomic mass is 10.2. The molecule has 0 amide bonds. The lowest BCUT2D eigenvalue weighted by Gasteiger charge is -2.21. The van der Waals surface area contributed by atoms with Crippen LogP contribution in [0.5, 0.6) is 0 Å². The number of hydrogen-bond acceptors (Lipinski definition) is 4. The van der Waals surface area contributed by atoms with Gasteiger partial charge < -0.3 is 9.73 Å². The second kappa shape index (κ2) is 5.94. The zero-order valence-corrected chi connectivity index (χ0v) is 11.8. The van der Waals surface area contributed by atoms with Crippen molar-refractivity contribution in [2.24, 2.45) is 0 Å². The monoisotopic (exact) mass is 254 g/mol. The molecule has 0 aromatic carbocycles. The molecule has 2 rings (SSSR count). The van der Waals surface area contributed by atoms with E-state index in [1.54, 1.807) is 0 Å². The fourth-order valence-corrected chi connectivity index (χ4v) is 3.55. The van der Waals surface area contributed by atoms with E-state index >= 15 is 0 Å². The normalized spacial score (nSPS) is 20.4. The topological polar surface area (TPSA) is 28.4 Å². The van der Waals surface area contributed by atoms with Crippen molar-refractivity contribution in [2.75, 3.05) is 25.6 Å². The summed E-state index contributed by atoms with van der Waals surface area (Å²) in [5, 5.41) is 3.14. The molecule has 1 aromatic rings. The molecule has 1 fully saturated rings. The van der Waals surface area contributed by atoms with Gasteiger partial charge in [0, 0.05) is 11.8 Å². The second-order valence-corrected chi connectivity index (χ2v) is 5.93. The van der Waals surface area contributed by atoms with Gasteiger partial charge in [0.15, 0.2) is 0 Å². The molecule has 0 spiro atoms. The number of rotatable bonds is 5. The van der Waals surface area contributed by atoms with Gasteiger partial charge in [0.05, 0.1) is 13.1 Å². The lowest BCUT2D eigenvalue weighted by molar-refractivity contribution is 0.231. The Kier molecular flexibility index (Phi) is 4.54. The first-order valence-corrected chi connectivity index (χ1v) is 7.37. The van der Waals surface area contributed by atoms with Crippen molar-refractivity contribution in [1.82, 2.24) is 10.2 Å². The minimum Gasteiger partial charge on any atom is -0.463 e. The fourth-order valence-electron chi connectivity index (χ4n) is 2.25. The summed E-state index contributed by atoms with van der Waals surface area (Å²) in [7, 11) is 4.15. The van der Waals surface area contributed by atoms with E-state index in [0.717, 1.165) is 30.7 Å². The molecule has 1 aliphatic rings. The minimum absolute atomic E-state index is 0.721. The number of aryl methyl sites for hydroxylation is 1. The third-order valence-electron chi connectivity index (χ3n) is 3.34. The highest BCUT2D eigenvalue weighted by Crippen LogP contribution is 2.23. The predicted molar refractivity (Wildman–Crippen MR) is 73.4 cm³/mol. The van der Waals surface area contributed by atoms with Gasteiger partial charge in [0.25, 0.3) is 0 Å². The van der Waals surface area contributed by atoms with Crippen LogP contribution >= 0.6 is 11.8 Å². The molecule has 0 bridgehead atoms. The molecular formula is C13H22N2OS. The average molecular weight is 254 g/mol. The predicted octanol–water partition coefficient (Wildman–Crippen LogP) is 2.24. The van der Waals surface area contributed by atoms with E-state index in [4.69, 9.17) is 4.42 Å². The maximum absolute atomic E-state index is 5.87. The van der Waals surface area contributed by atoms with Crippen LogP contribution in [0.15, 0.2) is 10.5 Å². The second-order valence-electron chi connectivity index (χ2n) is 4.78. The summed E-state index contributed by atoms with van der Waals surface area (Å²) in [6.07, 6.45) is 1.31. The number of furan rings is 1. The van der Waals surface area contributed by atoms with Crippen LogP contribution < -0.4 is 5.32 Å². The molecule has 0 saturated carbocycles. The van der Waals surface area contributed by atoms with Gasteiger partial charge in [-0.1, -0.05) is 0 Å². The maximum atomic E-state index is 5.87. The first kappa shape index (κ1) is 13.0. The van der Waals surface area contributed by atoms with Crippen LogP contribution in [0.4, 0.5) is 0 Å². The van der Waals surface area contributed by atoms with E-state index in [0.29, 0.717) is 0 Å². The van der Waals surface area contributed by atoms with Gasteiger partial charge in [0.2, 0.25) is 0 Å². The van der Waals surface area contributed by atoms with Crippen LogP contribution in [0.2, 0.25) is 0 Å². The zero-order chi connectivity index (χ0) is 12.3. The van der Waals surface area contributed by atoms with Gasteiger partial charge in [-0.15, -0.1) is 0 Å². The molecule has 96 valence electrons. The Morgan fingerprint density at radius 3 is 3.06 bits per heavy atom. The number of nitrogens with one attached hydrogen (secondary N) is 1. The Balaban J connectivity index is 1.95. The number of hydrogen-bond donors (Lipinski definition) is 1. The Labute approximate surface area is 108 Å². The summed E-state index contributed by atoms with van der Waals surface area (Å²) in [4.78, 5) is 2.42. The molecule has 2 heterocycles. The summed E-state index contributed by atoms with van der Waals surface area (Å²) in [5.41, 5.74) is 1.25. The molecule has 1 aliphatic heterocycles. The maximum Gasteiger partial charge on any atom is 0.120 e. The van der Waals surface area contributed by atoms with Crippen LogP contribution in [0.3, 0.4) is 0 Å². The minimum atomic E-state index is 0.721. The smallest absolute Gasteiger partial charge is 0.120 e. The molecule has 4 heteroatoms. The highest BCUT2D eigenvalue weighted by molar-refractivity contribution is 7.99. The van der Waals surface area contributed by atoms with Gasteiger partial charge >= 0.3 is 0 Å². The number of thioether (sulfide) groups is 1. The molecule has 1 aromatic heterocycles. The van der Waals surface area contributed by atoms with E-state index in [-0.39, 0.29) is 0 Å². The van der Waals surface area contributed by atoms with Crippen molar-refractivity contribution < 1.29 is 4.42 Å². The average Bonchev–Trinajstić information content (AvgIpc) is 2.90. The Bertz CT molecular complexity index is 358. The zero-order valence-electron chi connectivity index (χ0n) is 11.0. The van der Waals surface area contributed by atoms with E-state index < -0.39 is 0 Å². The van der Waals surface area contributed by atoms with Crippen LogP contribution in [0.25, 0.3) is 0 Å². The van der Waals surface area contributed by atoms with Gasteiger partial charge in [-0.2, -0.15) is 11.8 Å². The summed E-state index contributed by atoms with van der Waals surface area (Å²) >= 11 is 2.06. The Morgan fingerprint density at radius 1 is 1.59 bits per heavy atom. The summed E-state index contributed by atoms with van der Waals surface area (Å²) in [5.74, 6) is 4.72. The van der Waals surface area contributed by atoms with Gasteiger partial charge in [-0.25, -0.2) is 0 Å². The van der Waals surface area contributed by atoms with Crippen molar-refractivity contribution in [3.63, 3.8) is 0 Å². The van der Waals surface area contributed by atoms with Crippen molar-refractivity contribution in [1.29, 1.82) is 0 Å². The molecule has 0 aliphatic carbocycles. The fraction of sp³-hybridized carbons (Fsp3) is 0.692. The Hall–Kier alpha value is -0.450. The lowest BCUT2D eigenvalue weighted by Crippen LogP contribution is -2.30. The number of nitrogens with zero attached hydrogens (tertiary/aromatic N) is 1. The van der Waals surface area contributed by atoms with E-state index in [2.05, 4.69) is 42.0 Å². The summed E-state index contributed by atoms with van der Waals surface area (Å²) in [6.45, 7) is 3.86. The van der Waals surface area contributed by atoms with Crippen LogP contribution in [-0.2, 0) is 13.1 Å². The molecular weight excluding hydrogens is 232 g/mol. The highest BCUT2D eigenvalue weighted by Gasteiger charge is 2.21. The quantitative estimate of drug-likeness (QED) is 0.872. The first-order chi connectivity index (χ1) is 8.20. The van der Waals surface area contributed by atoms with Gasteiger partial charge in [-0.05, 0) is 44.8 Å². The standard InChI is InChI=1S/C13H22N2OS/c1-10-6-12(16-13(10)7-14-2)8-15(3)11-4-5-17-9-11/h6,11,14H,4-5,7-9H2,1-3H3. The van der Waals surface area contributed by atoms with Crippen LogP contribution in [-0.4, -0.2) is 36.5 Å². The van der Waals surface area contributed by atoms with Crippen LogP contribution in [0.1, 0.15) is 23.5 Å². The van der Waals surface area contributed by atoms with Crippen molar-refractivity contribution in [3.05, 3.63) is 23.2 Å². The van der Waals surface area contributed by atoms with E-state index in [9.17, 15) is 0 Å². The molecule has 1 saturated heterocycles. The van der Waals surface area contributed by atoms with E-state index in [1.807, 2.05) is 7.05 Å². The third kappa shape index (κ3) is 3.27. The molecule has 3 nitrogen and oxygen atoms in total. The van der Waals surface area contributed by atoms with Crippen molar-refractivity contribution in [3.8, 4) is 0 Å².